The van der Waals surface area contributed by atoms with Crippen LogP contribution >= 0.6 is 0 Å². The molecule has 0 aromatic carbocycles. The van der Waals surface area contributed by atoms with Gasteiger partial charge in [-0.2, -0.15) is 0 Å². The molecule has 1 aromatic rings. The van der Waals surface area contributed by atoms with E-state index >= 15 is 0 Å². The number of hydrogen-bond donors (Lipinski definition) is 2. The highest BCUT2D eigenvalue weighted by Gasteiger charge is 2.31. The van der Waals surface area contributed by atoms with Crippen molar-refractivity contribution in [1.82, 2.24) is 15.2 Å². The number of rotatable bonds is 4. The predicted octanol–water partition coefficient (Wildman–Crippen LogP) is 0.967. The molecule has 1 aromatic heterocycles. The molecule has 2 fully saturated rings. The van der Waals surface area contributed by atoms with E-state index in [9.17, 15) is 0 Å². The van der Waals surface area contributed by atoms with Crippen molar-refractivity contribution in [1.29, 1.82) is 0 Å². The SMILES string of the molecule is c1c[nH]c(CNCC2CN3CCCC3CO2)c1. The third-order valence-corrected chi connectivity index (χ3v) is 3.81. The fourth-order valence-corrected chi connectivity index (χ4v) is 2.85. The molecule has 2 aliphatic rings. The topological polar surface area (TPSA) is 40.3 Å². The van der Waals surface area contributed by atoms with E-state index in [1.165, 1.54) is 25.1 Å². The van der Waals surface area contributed by atoms with Gasteiger partial charge in [0.15, 0.2) is 0 Å². The Bertz CT molecular complexity index is 338. The van der Waals surface area contributed by atoms with Gasteiger partial charge in [0.05, 0.1) is 12.7 Å². The molecule has 3 rings (SSSR count). The summed E-state index contributed by atoms with van der Waals surface area (Å²) in [5.41, 5.74) is 1.24. The average Bonchev–Trinajstić information content (AvgIpc) is 2.98. The van der Waals surface area contributed by atoms with Crippen molar-refractivity contribution in [3.8, 4) is 0 Å². The summed E-state index contributed by atoms with van der Waals surface area (Å²) in [6.45, 7) is 5.14. The van der Waals surface area contributed by atoms with Gasteiger partial charge in [0.2, 0.25) is 0 Å². The number of ether oxygens (including phenoxy) is 1. The molecule has 0 amide bonds. The number of H-pyrrole nitrogens is 1. The molecule has 0 aliphatic carbocycles. The molecule has 2 atom stereocenters. The number of fused-ring (bicyclic) bond motifs is 1. The number of aromatic amines is 1. The largest absolute Gasteiger partial charge is 0.374 e. The predicted molar refractivity (Wildman–Crippen MR) is 66.8 cm³/mol. The summed E-state index contributed by atoms with van der Waals surface area (Å²) in [4.78, 5) is 5.79. The Kier molecular flexibility index (Phi) is 3.45. The zero-order valence-electron chi connectivity index (χ0n) is 10.2. The van der Waals surface area contributed by atoms with Crippen LogP contribution in [0.25, 0.3) is 0 Å². The third kappa shape index (κ3) is 2.70. The van der Waals surface area contributed by atoms with E-state index in [2.05, 4.69) is 21.3 Å². The maximum Gasteiger partial charge on any atom is 0.0827 e. The molecule has 2 unspecified atom stereocenters. The van der Waals surface area contributed by atoms with Gasteiger partial charge in [-0.05, 0) is 31.5 Å². The molecule has 4 heteroatoms. The van der Waals surface area contributed by atoms with Gasteiger partial charge in [-0.15, -0.1) is 0 Å². The second kappa shape index (κ2) is 5.21. The quantitative estimate of drug-likeness (QED) is 0.817. The summed E-state index contributed by atoms with van der Waals surface area (Å²) in [5, 5.41) is 3.45. The smallest absolute Gasteiger partial charge is 0.0827 e. The standard InChI is InChI=1S/C13H21N3O/c1-3-11(15-5-1)7-14-8-13-9-16-6-2-4-12(16)10-17-13/h1,3,5,12-15H,2,4,6-10H2. The van der Waals surface area contributed by atoms with Crippen LogP contribution in [0.1, 0.15) is 18.5 Å². The highest BCUT2D eigenvalue weighted by Crippen LogP contribution is 2.22. The van der Waals surface area contributed by atoms with Crippen molar-refractivity contribution < 1.29 is 4.74 Å². The lowest BCUT2D eigenvalue weighted by molar-refractivity contribution is -0.0470. The first-order valence-electron chi connectivity index (χ1n) is 6.60. The summed E-state index contributed by atoms with van der Waals surface area (Å²) in [6, 6.07) is 4.84. The maximum absolute atomic E-state index is 5.90. The Labute approximate surface area is 102 Å². The lowest BCUT2D eigenvalue weighted by Crippen LogP contribution is -2.49. The van der Waals surface area contributed by atoms with E-state index in [1.807, 2.05) is 12.3 Å². The van der Waals surface area contributed by atoms with Crippen LogP contribution in [0, 0.1) is 0 Å². The first kappa shape index (κ1) is 11.3. The average molecular weight is 235 g/mol. The number of nitrogens with one attached hydrogen (secondary N) is 2. The fourth-order valence-electron chi connectivity index (χ4n) is 2.85. The summed E-state index contributed by atoms with van der Waals surface area (Å²) in [6.07, 6.45) is 4.99. The van der Waals surface area contributed by atoms with Crippen LogP contribution in [0.2, 0.25) is 0 Å². The minimum atomic E-state index is 0.360. The van der Waals surface area contributed by atoms with Crippen LogP contribution in [-0.4, -0.2) is 48.3 Å². The maximum atomic E-state index is 5.90. The van der Waals surface area contributed by atoms with Gasteiger partial charge in [0.1, 0.15) is 0 Å². The van der Waals surface area contributed by atoms with Gasteiger partial charge >= 0.3 is 0 Å². The summed E-state index contributed by atoms with van der Waals surface area (Å²) < 4.78 is 5.90. The van der Waals surface area contributed by atoms with E-state index in [-0.39, 0.29) is 0 Å². The number of morpholine rings is 1. The minimum absolute atomic E-state index is 0.360. The van der Waals surface area contributed by atoms with Crippen LogP contribution in [0.5, 0.6) is 0 Å². The molecule has 2 N–H and O–H groups in total. The van der Waals surface area contributed by atoms with Gasteiger partial charge in [-0.1, -0.05) is 0 Å². The van der Waals surface area contributed by atoms with Gasteiger partial charge < -0.3 is 15.0 Å². The van der Waals surface area contributed by atoms with Crippen molar-refractivity contribution in [2.45, 2.75) is 31.5 Å². The van der Waals surface area contributed by atoms with Crippen molar-refractivity contribution in [2.24, 2.45) is 0 Å². The second-order valence-corrected chi connectivity index (χ2v) is 5.07. The Balaban J connectivity index is 1.40. The summed E-state index contributed by atoms with van der Waals surface area (Å²) in [5.74, 6) is 0. The van der Waals surface area contributed by atoms with E-state index in [0.717, 1.165) is 26.2 Å². The van der Waals surface area contributed by atoms with Crippen LogP contribution in [-0.2, 0) is 11.3 Å². The monoisotopic (exact) mass is 235 g/mol. The highest BCUT2D eigenvalue weighted by molar-refractivity contribution is 5.03. The summed E-state index contributed by atoms with van der Waals surface area (Å²) >= 11 is 0. The summed E-state index contributed by atoms with van der Waals surface area (Å²) in [7, 11) is 0. The lowest BCUT2D eigenvalue weighted by Gasteiger charge is -2.35. The first-order chi connectivity index (χ1) is 8.42. The number of hydrogen-bond acceptors (Lipinski definition) is 3. The molecule has 2 aliphatic heterocycles. The molecule has 17 heavy (non-hydrogen) atoms. The molecule has 0 saturated carbocycles. The zero-order valence-corrected chi connectivity index (χ0v) is 10.2. The van der Waals surface area contributed by atoms with Crippen LogP contribution in [0.4, 0.5) is 0 Å². The zero-order chi connectivity index (χ0) is 11.5. The van der Waals surface area contributed by atoms with Crippen molar-refractivity contribution in [3.63, 3.8) is 0 Å². The Morgan fingerprint density at radius 1 is 1.53 bits per heavy atom. The van der Waals surface area contributed by atoms with Crippen LogP contribution < -0.4 is 5.32 Å². The van der Waals surface area contributed by atoms with E-state index in [4.69, 9.17) is 4.74 Å². The molecule has 0 radical (unpaired) electrons. The molecule has 4 nitrogen and oxygen atoms in total. The van der Waals surface area contributed by atoms with Gasteiger partial charge in [0.25, 0.3) is 0 Å². The lowest BCUT2D eigenvalue weighted by atomic mass is 10.2. The Morgan fingerprint density at radius 3 is 3.41 bits per heavy atom. The third-order valence-electron chi connectivity index (χ3n) is 3.81. The molecule has 0 bridgehead atoms. The van der Waals surface area contributed by atoms with Crippen LogP contribution in [0.15, 0.2) is 18.3 Å². The number of aromatic nitrogens is 1. The molecule has 2 saturated heterocycles. The molecular formula is C13H21N3O. The van der Waals surface area contributed by atoms with Crippen molar-refractivity contribution >= 4 is 0 Å². The van der Waals surface area contributed by atoms with Crippen molar-refractivity contribution in [3.05, 3.63) is 24.0 Å². The van der Waals surface area contributed by atoms with Gasteiger partial charge in [-0.25, -0.2) is 0 Å². The minimum Gasteiger partial charge on any atom is -0.374 e. The molecule has 0 spiro atoms. The highest BCUT2D eigenvalue weighted by atomic mass is 16.5. The molecular weight excluding hydrogens is 214 g/mol. The molecule has 94 valence electrons. The Morgan fingerprint density at radius 2 is 2.53 bits per heavy atom. The second-order valence-electron chi connectivity index (χ2n) is 5.07. The first-order valence-corrected chi connectivity index (χ1v) is 6.60. The number of nitrogens with zero attached hydrogens (tertiary/aromatic N) is 1. The van der Waals surface area contributed by atoms with Crippen LogP contribution in [0.3, 0.4) is 0 Å². The molecule has 3 heterocycles. The van der Waals surface area contributed by atoms with Gasteiger partial charge in [0, 0.05) is 37.6 Å². The van der Waals surface area contributed by atoms with E-state index in [1.54, 1.807) is 0 Å². The fraction of sp³-hybridized carbons (Fsp3) is 0.692. The van der Waals surface area contributed by atoms with E-state index in [0.29, 0.717) is 12.1 Å². The van der Waals surface area contributed by atoms with Gasteiger partial charge in [-0.3, -0.25) is 4.90 Å². The normalized spacial score (nSPS) is 29.4. The Hall–Kier alpha value is -0.840. The van der Waals surface area contributed by atoms with E-state index < -0.39 is 0 Å². The van der Waals surface area contributed by atoms with Crippen molar-refractivity contribution in [2.75, 3.05) is 26.2 Å².